The molecule has 1 aromatic heterocycles. The molecule has 0 bridgehead atoms. The van der Waals surface area contributed by atoms with E-state index in [1.165, 1.54) is 4.68 Å². The van der Waals surface area contributed by atoms with Crippen LogP contribution in [0.5, 0.6) is 0 Å². The Morgan fingerprint density at radius 3 is 2.72 bits per heavy atom. The Balaban J connectivity index is 2.57. The first kappa shape index (κ1) is 12.8. The van der Waals surface area contributed by atoms with Crippen LogP contribution in [0.3, 0.4) is 0 Å². The molecular formula is C11H9Cl2N5. The molecule has 0 amide bonds. The summed E-state index contributed by atoms with van der Waals surface area (Å²) in [5.74, 6) is 0. The second kappa shape index (κ2) is 5.36. The molecule has 5 nitrogen and oxygen atoms in total. The molecule has 0 spiro atoms. The lowest BCUT2D eigenvalue weighted by molar-refractivity contribution is 0.673. The minimum absolute atomic E-state index is 0.0998. The number of nitriles is 1. The number of halogens is 2. The van der Waals surface area contributed by atoms with Crippen LogP contribution in [-0.2, 0) is 13.1 Å². The largest absolute Gasteiger partial charge is 0.325 e. The van der Waals surface area contributed by atoms with Crippen molar-refractivity contribution in [3.8, 4) is 17.3 Å². The molecule has 0 aliphatic carbocycles. The molecule has 2 aromatic rings. The fourth-order valence-corrected chi connectivity index (χ4v) is 1.92. The van der Waals surface area contributed by atoms with E-state index in [1.807, 2.05) is 6.07 Å². The van der Waals surface area contributed by atoms with Gasteiger partial charge in [-0.2, -0.15) is 5.26 Å². The molecule has 1 heterocycles. The number of nitrogens with two attached hydrogens (primary N) is 1. The van der Waals surface area contributed by atoms with E-state index in [0.29, 0.717) is 21.4 Å². The molecule has 0 saturated carbocycles. The highest BCUT2D eigenvalue weighted by atomic mass is 35.5. The minimum Gasteiger partial charge on any atom is -0.325 e. The van der Waals surface area contributed by atoms with Gasteiger partial charge in [-0.3, -0.25) is 0 Å². The number of hydrogen-bond donors (Lipinski definition) is 1. The van der Waals surface area contributed by atoms with Crippen molar-refractivity contribution < 1.29 is 0 Å². The molecule has 1 aromatic carbocycles. The van der Waals surface area contributed by atoms with Gasteiger partial charge < -0.3 is 5.73 Å². The third-order valence-corrected chi connectivity index (χ3v) is 3.15. The van der Waals surface area contributed by atoms with Crippen LogP contribution < -0.4 is 5.73 Å². The average molecular weight is 282 g/mol. The number of rotatable bonds is 3. The molecule has 2 N–H and O–H groups in total. The second-order valence-electron chi connectivity index (χ2n) is 3.53. The average Bonchev–Trinajstić information content (AvgIpc) is 2.76. The van der Waals surface area contributed by atoms with Crippen LogP contribution >= 0.6 is 23.2 Å². The Morgan fingerprint density at radius 1 is 1.33 bits per heavy atom. The van der Waals surface area contributed by atoms with Gasteiger partial charge in [0.1, 0.15) is 12.2 Å². The first-order valence-corrected chi connectivity index (χ1v) is 5.87. The van der Waals surface area contributed by atoms with E-state index in [4.69, 9.17) is 34.2 Å². The van der Waals surface area contributed by atoms with Gasteiger partial charge in [0.25, 0.3) is 0 Å². The van der Waals surface area contributed by atoms with Crippen LogP contribution in [-0.4, -0.2) is 15.0 Å². The minimum atomic E-state index is 0.0998. The molecule has 18 heavy (non-hydrogen) atoms. The monoisotopic (exact) mass is 281 g/mol. The molecule has 92 valence electrons. The molecular weight excluding hydrogens is 273 g/mol. The number of benzene rings is 1. The number of aromatic nitrogens is 3. The zero-order valence-corrected chi connectivity index (χ0v) is 10.8. The van der Waals surface area contributed by atoms with Gasteiger partial charge in [-0.1, -0.05) is 34.5 Å². The normalized spacial score (nSPS) is 10.3. The van der Waals surface area contributed by atoms with Crippen molar-refractivity contribution in [2.75, 3.05) is 0 Å². The second-order valence-corrected chi connectivity index (χ2v) is 4.35. The maximum Gasteiger partial charge on any atom is 0.130 e. The van der Waals surface area contributed by atoms with E-state index in [-0.39, 0.29) is 13.1 Å². The van der Waals surface area contributed by atoms with Crippen molar-refractivity contribution in [3.05, 3.63) is 33.9 Å². The van der Waals surface area contributed by atoms with Crippen molar-refractivity contribution in [2.24, 2.45) is 5.73 Å². The SMILES string of the molecule is N#CCn1nnc(CN)c1-c1ccc(Cl)c(Cl)c1. The van der Waals surface area contributed by atoms with E-state index in [9.17, 15) is 0 Å². The van der Waals surface area contributed by atoms with Crippen molar-refractivity contribution >= 4 is 23.2 Å². The molecule has 0 aliphatic rings. The van der Waals surface area contributed by atoms with Gasteiger partial charge in [0.05, 0.1) is 21.8 Å². The van der Waals surface area contributed by atoms with Crippen LogP contribution in [0.1, 0.15) is 5.69 Å². The van der Waals surface area contributed by atoms with Gasteiger partial charge in [-0.05, 0) is 12.1 Å². The number of hydrogen-bond acceptors (Lipinski definition) is 4. The van der Waals surface area contributed by atoms with Crippen LogP contribution in [0.2, 0.25) is 10.0 Å². The van der Waals surface area contributed by atoms with Gasteiger partial charge in [-0.25, -0.2) is 4.68 Å². The van der Waals surface area contributed by atoms with Crippen molar-refractivity contribution in [1.29, 1.82) is 5.26 Å². The summed E-state index contributed by atoms with van der Waals surface area (Å²) in [7, 11) is 0. The summed E-state index contributed by atoms with van der Waals surface area (Å²) < 4.78 is 1.49. The van der Waals surface area contributed by atoms with E-state index in [0.717, 1.165) is 5.56 Å². The predicted octanol–water partition coefficient (Wildman–Crippen LogP) is 2.23. The number of nitrogens with zero attached hydrogens (tertiary/aromatic N) is 4. The van der Waals surface area contributed by atoms with Crippen LogP contribution in [0.25, 0.3) is 11.3 Å². The molecule has 0 unspecified atom stereocenters. The summed E-state index contributed by atoms with van der Waals surface area (Å²) >= 11 is 11.8. The summed E-state index contributed by atoms with van der Waals surface area (Å²) in [5.41, 5.74) is 7.70. The third kappa shape index (κ3) is 2.31. The van der Waals surface area contributed by atoms with E-state index in [2.05, 4.69) is 10.3 Å². The highest BCUT2D eigenvalue weighted by molar-refractivity contribution is 6.42. The van der Waals surface area contributed by atoms with Gasteiger partial charge in [0.15, 0.2) is 0 Å². The van der Waals surface area contributed by atoms with Crippen molar-refractivity contribution in [2.45, 2.75) is 13.1 Å². The Labute approximate surface area is 114 Å². The fourth-order valence-electron chi connectivity index (χ4n) is 1.62. The maximum absolute atomic E-state index is 8.75. The fraction of sp³-hybridized carbons (Fsp3) is 0.182. The zero-order chi connectivity index (χ0) is 13.1. The lowest BCUT2D eigenvalue weighted by Crippen LogP contribution is -2.03. The highest BCUT2D eigenvalue weighted by Crippen LogP contribution is 2.29. The Morgan fingerprint density at radius 2 is 2.11 bits per heavy atom. The smallest absolute Gasteiger partial charge is 0.130 e. The summed E-state index contributed by atoms with van der Waals surface area (Å²) in [4.78, 5) is 0. The lowest BCUT2D eigenvalue weighted by atomic mass is 10.1. The zero-order valence-electron chi connectivity index (χ0n) is 9.27. The standard InChI is InChI=1S/C11H9Cl2N5/c12-8-2-1-7(5-9(8)13)11-10(6-15)16-17-18(11)4-3-14/h1-2,5H,4,6,15H2. The van der Waals surface area contributed by atoms with Gasteiger partial charge >= 0.3 is 0 Å². The van der Waals surface area contributed by atoms with Gasteiger partial charge in [0.2, 0.25) is 0 Å². The highest BCUT2D eigenvalue weighted by Gasteiger charge is 2.14. The third-order valence-electron chi connectivity index (χ3n) is 2.41. The summed E-state index contributed by atoms with van der Waals surface area (Å²) in [6.45, 7) is 0.337. The van der Waals surface area contributed by atoms with Crippen molar-refractivity contribution in [3.63, 3.8) is 0 Å². The molecule has 0 atom stereocenters. The first-order chi connectivity index (χ1) is 8.67. The summed E-state index contributed by atoms with van der Waals surface area (Å²) in [6, 6.07) is 7.20. The lowest BCUT2D eigenvalue weighted by Gasteiger charge is -2.06. The molecule has 0 radical (unpaired) electrons. The Bertz CT molecular complexity index is 614. The molecule has 0 fully saturated rings. The molecule has 7 heteroatoms. The quantitative estimate of drug-likeness (QED) is 0.936. The van der Waals surface area contributed by atoms with Gasteiger partial charge in [-0.15, -0.1) is 5.10 Å². The summed E-state index contributed by atoms with van der Waals surface area (Å²) in [5, 5.41) is 17.5. The van der Waals surface area contributed by atoms with E-state index < -0.39 is 0 Å². The van der Waals surface area contributed by atoms with E-state index >= 15 is 0 Å². The van der Waals surface area contributed by atoms with E-state index in [1.54, 1.807) is 18.2 Å². The van der Waals surface area contributed by atoms with Crippen LogP contribution in [0, 0.1) is 11.3 Å². The maximum atomic E-state index is 8.75. The predicted molar refractivity (Wildman–Crippen MR) is 69.0 cm³/mol. The first-order valence-electron chi connectivity index (χ1n) is 5.12. The molecule has 0 aliphatic heterocycles. The Kier molecular flexibility index (Phi) is 3.82. The van der Waals surface area contributed by atoms with Crippen molar-refractivity contribution in [1.82, 2.24) is 15.0 Å². The molecule has 2 rings (SSSR count). The Hall–Kier alpha value is -1.61. The molecule has 0 saturated heterocycles. The van der Waals surface area contributed by atoms with Crippen LogP contribution in [0.15, 0.2) is 18.2 Å². The topological polar surface area (TPSA) is 80.5 Å². The van der Waals surface area contributed by atoms with Gasteiger partial charge in [0, 0.05) is 12.1 Å². The summed E-state index contributed by atoms with van der Waals surface area (Å²) in [6.07, 6.45) is 0. The van der Waals surface area contributed by atoms with Crippen LogP contribution in [0.4, 0.5) is 0 Å².